The topological polar surface area (TPSA) is 94.5 Å². The van der Waals surface area contributed by atoms with E-state index in [0.717, 1.165) is 36.0 Å². The molecular formula is C13H19N7. The van der Waals surface area contributed by atoms with E-state index in [9.17, 15) is 0 Å². The number of anilines is 2. The SMILES string of the molecule is Cc1c(N)nc(C2CC2)nc1NCCc1nncn1C. The van der Waals surface area contributed by atoms with Crippen molar-refractivity contribution in [1.29, 1.82) is 0 Å². The van der Waals surface area contributed by atoms with Gasteiger partial charge in [0, 0.05) is 31.5 Å². The van der Waals surface area contributed by atoms with Gasteiger partial charge >= 0.3 is 0 Å². The van der Waals surface area contributed by atoms with Gasteiger partial charge in [-0.15, -0.1) is 10.2 Å². The Morgan fingerprint density at radius 2 is 2.20 bits per heavy atom. The zero-order valence-corrected chi connectivity index (χ0v) is 11.8. The Labute approximate surface area is 117 Å². The van der Waals surface area contributed by atoms with E-state index in [-0.39, 0.29) is 0 Å². The molecule has 0 amide bonds. The molecule has 0 radical (unpaired) electrons. The van der Waals surface area contributed by atoms with Crippen molar-refractivity contribution in [2.24, 2.45) is 7.05 Å². The van der Waals surface area contributed by atoms with E-state index in [4.69, 9.17) is 5.73 Å². The summed E-state index contributed by atoms with van der Waals surface area (Å²) in [4.78, 5) is 8.96. The fourth-order valence-corrected chi connectivity index (χ4v) is 2.07. The molecule has 1 fully saturated rings. The van der Waals surface area contributed by atoms with Crippen LogP contribution in [0.3, 0.4) is 0 Å². The van der Waals surface area contributed by atoms with Gasteiger partial charge in [0.1, 0.15) is 29.6 Å². The Kier molecular flexibility index (Phi) is 3.25. The minimum Gasteiger partial charge on any atom is -0.383 e. The van der Waals surface area contributed by atoms with Crippen LogP contribution in [-0.4, -0.2) is 31.3 Å². The van der Waals surface area contributed by atoms with Gasteiger partial charge in [-0.2, -0.15) is 0 Å². The van der Waals surface area contributed by atoms with E-state index in [1.807, 2.05) is 18.5 Å². The highest BCUT2D eigenvalue weighted by Crippen LogP contribution is 2.39. The Hall–Kier alpha value is -2.18. The van der Waals surface area contributed by atoms with Gasteiger partial charge in [-0.1, -0.05) is 0 Å². The third kappa shape index (κ3) is 2.56. The normalized spacial score (nSPS) is 14.5. The zero-order chi connectivity index (χ0) is 14.1. The molecule has 2 aromatic heterocycles. The molecule has 20 heavy (non-hydrogen) atoms. The van der Waals surface area contributed by atoms with Crippen molar-refractivity contribution in [3.63, 3.8) is 0 Å². The number of aryl methyl sites for hydroxylation is 1. The molecule has 0 atom stereocenters. The summed E-state index contributed by atoms with van der Waals surface area (Å²) in [6.07, 6.45) is 4.83. The summed E-state index contributed by atoms with van der Waals surface area (Å²) in [6.45, 7) is 2.69. The highest BCUT2D eigenvalue weighted by atomic mass is 15.2. The number of hydrogen-bond acceptors (Lipinski definition) is 6. The number of nitrogens with one attached hydrogen (secondary N) is 1. The molecule has 2 heterocycles. The van der Waals surface area contributed by atoms with Gasteiger partial charge in [0.25, 0.3) is 0 Å². The van der Waals surface area contributed by atoms with Crippen LogP contribution in [0.15, 0.2) is 6.33 Å². The molecule has 1 aliphatic carbocycles. The van der Waals surface area contributed by atoms with Crippen LogP contribution in [0.1, 0.15) is 36.0 Å². The van der Waals surface area contributed by atoms with E-state index < -0.39 is 0 Å². The largest absolute Gasteiger partial charge is 0.383 e. The summed E-state index contributed by atoms with van der Waals surface area (Å²) in [5.74, 6) is 3.72. The maximum absolute atomic E-state index is 5.96. The highest BCUT2D eigenvalue weighted by molar-refractivity contribution is 5.55. The van der Waals surface area contributed by atoms with Crippen molar-refractivity contribution in [2.45, 2.75) is 32.1 Å². The average Bonchev–Trinajstić information content (AvgIpc) is 3.19. The second-order valence-corrected chi connectivity index (χ2v) is 5.25. The first-order chi connectivity index (χ1) is 9.65. The molecule has 2 aromatic rings. The van der Waals surface area contributed by atoms with Crippen LogP contribution in [-0.2, 0) is 13.5 Å². The third-order valence-corrected chi connectivity index (χ3v) is 3.59. The minimum absolute atomic E-state index is 0.497. The molecule has 0 aromatic carbocycles. The van der Waals surface area contributed by atoms with Crippen LogP contribution >= 0.6 is 0 Å². The lowest BCUT2D eigenvalue weighted by Gasteiger charge is -2.11. The molecule has 7 nitrogen and oxygen atoms in total. The Morgan fingerprint density at radius 3 is 2.85 bits per heavy atom. The van der Waals surface area contributed by atoms with E-state index in [2.05, 4.69) is 25.5 Å². The van der Waals surface area contributed by atoms with Gasteiger partial charge in [0.15, 0.2) is 0 Å². The van der Waals surface area contributed by atoms with Crippen molar-refractivity contribution in [2.75, 3.05) is 17.6 Å². The van der Waals surface area contributed by atoms with Gasteiger partial charge in [-0.3, -0.25) is 0 Å². The standard InChI is InChI=1S/C13H19N7/c1-8-11(14)17-13(9-3-4-9)18-12(8)15-6-5-10-19-16-7-20(10)2/h7,9H,3-6H2,1-2H3,(H3,14,15,17,18). The molecular weight excluding hydrogens is 254 g/mol. The molecule has 7 heteroatoms. The van der Waals surface area contributed by atoms with Gasteiger partial charge in [0.2, 0.25) is 0 Å². The van der Waals surface area contributed by atoms with E-state index in [1.54, 1.807) is 6.33 Å². The first-order valence-electron chi connectivity index (χ1n) is 6.86. The monoisotopic (exact) mass is 273 g/mol. The van der Waals surface area contributed by atoms with Crippen molar-refractivity contribution >= 4 is 11.6 Å². The quantitative estimate of drug-likeness (QED) is 0.845. The average molecular weight is 273 g/mol. The van der Waals surface area contributed by atoms with E-state index >= 15 is 0 Å². The molecule has 3 N–H and O–H groups in total. The van der Waals surface area contributed by atoms with Gasteiger partial charge in [0.05, 0.1) is 0 Å². The molecule has 0 aliphatic heterocycles. The van der Waals surface area contributed by atoms with Crippen molar-refractivity contribution in [3.8, 4) is 0 Å². The summed E-state index contributed by atoms with van der Waals surface area (Å²) >= 11 is 0. The molecule has 0 unspecified atom stereocenters. The smallest absolute Gasteiger partial charge is 0.136 e. The maximum atomic E-state index is 5.96. The fourth-order valence-electron chi connectivity index (χ4n) is 2.07. The second-order valence-electron chi connectivity index (χ2n) is 5.25. The minimum atomic E-state index is 0.497. The number of rotatable bonds is 5. The summed E-state index contributed by atoms with van der Waals surface area (Å²) < 4.78 is 1.92. The van der Waals surface area contributed by atoms with Crippen molar-refractivity contribution in [3.05, 3.63) is 23.5 Å². The molecule has 1 aliphatic rings. The zero-order valence-electron chi connectivity index (χ0n) is 11.8. The van der Waals surface area contributed by atoms with Crippen LogP contribution in [0.2, 0.25) is 0 Å². The van der Waals surface area contributed by atoms with E-state index in [1.165, 1.54) is 12.8 Å². The van der Waals surface area contributed by atoms with Crippen molar-refractivity contribution in [1.82, 2.24) is 24.7 Å². The third-order valence-electron chi connectivity index (χ3n) is 3.59. The highest BCUT2D eigenvalue weighted by Gasteiger charge is 2.27. The number of hydrogen-bond donors (Lipinski definition) is 2. The predicted molar refractivity (Wildman–Crippen MR) is 76.4 cm³/mol. The van der Waals surface area contributed by atoms with Crippen LogP contribution in [0.25, 0.3) is 0 Å². The number of nitrogens with two attached hydrogens (primary N) is 1. The maximum Gasteiger partial charge on any atom is 0.136 e. The molecule has 3 rings (SSSR count). The van der Waals surface area contributed by atoms with Gasteiger partial charge < -0.3 is 15.6 Å². The van der Waals surface area contributed by atoms with Crippen LogP contribution in [0.5, 0.6) is 0 Å². The molecule has 0 saturated heterocycles. The lowest BCUT2D eigenvalue weighted by molar-refractivity contribution is 0.785. The van der Waals surface area contributed by atoms with Gasteiger partial charge in [-0.25, -0.2) is 9.97 Å². The summed E-state index contributed by atoms with van der Waals surface area (Å²) in [6, 6.07) is 0. The van der Waals surface area contributed by atoms with Crippen LogP contribution in [0, 0.1) is 6.92 Å². The fraction of sp³-hybridized carbons (Fsp3) is 0.538. The Morgan fingerprint density at radius 1 is 1.40 bits per heavy atom. The Balaban J connectivity index is 1.68. The summed E-state index contributed by atoms with van der Waals surface area (Å²) in [5.41, 5.74) is 6.87. The first-order valence-corrected chi connectivity index (χ1v) is 6.86. The predicted octanol–water partition coefficient (Wildman–Crippen LogP) is 1.03. The van der Waals surface area contributed by atoms with Crippen LogP contribution < -0.4 is 11.1 Å². The molecule has 0 bridgehead atoms. The summed E-state index contributed by atoms with van der Waals surface area (Å²) in [5, 5.41) is 11.3. The second kappa shape index (κ2) is 5.07. The van der Waals surface area contributed by atoms with Gasteiger partial charge in [-0.05, 0) is 19.8 Å². The molecule has 1 saturated carbocycles. The number of nitrogens with zero attached hydrogens (tertiary/aromatic N) is 5. The van der Waals surface area contributed by atoms with E-state index in [0.29, 0.717) is 11.7 Å². The van der Waals surface area contributed by atoms with Crippen LogP contribution in [0.4, 0.5) is 11.6 Å². The summed E-state index contributed by atoms with van der Waals surface area (Å²) in [7, 11) is 1.94. The first kappa shape index (κ1) is 12.8. The van der Waals surface area contributed by atoms with Crippen molar-refractivity contribution < 1.29 is 0 Å². The molecule has 106 valence electrons. The lowest BCUT2D eigenvalue weighted by atomic mass is 10.2. The number of aromatic nitrogens is 5. The molecule has 0 spiro atoms. The lowest BCUT2D eigenvalue weighted by Crippen LogP contribution is -2.13. The Bertz CT molecular complexity index is 615. The number of nitrogen functional groups attached to an aromatic ring is 1.